The van der Waals surface area contributed by atoms with Gasteiger partial charge in [-0.2, -0.15) is 9.78 Å². The summed E-state index contributed by atoms with van der Waals surface area (Å²) in [6, 6.07) is 4.18. The standard InChI is InChI=1S/C21H26ClN5O5/c22-16-9-8-14(27-21(32)26(12-17(23)28)18(29)11-24-27)10-15(16)20(31)25-19(30)13-6-4-2-1-3-5-7-13/h8-11,13,19,30H,1-7,12H2,(H2,23,28)(H,25,31). The lowest BCUT2D eigenvalue weighted by atomic mass is 9.90. The van der Waals surface area contributed by atoms with Crippen LogP contribution in [0.15, 0.2) is 34.0 Å². The number of halogens is 1. The number of aliphatic hydroxyl groups excluding tert-OH is 1. The highest BCUT2D eigenvalue weighted by atomic mass is 35.5. The fourth-order valence-corrected chi connectivity index (χ4v) is 4.07. The number of nitrogens with two attached hydrogens (primary N) is 1. The predicted molar refractivity (Wildman–Crippen MR) is 118 cm³/mol. The summed E-state index contributed by atoms with van der Waals surface area (Å²) in [4.78, 5) is 48.5. The Hall–Kier alpha value is -2.98. The second-order valence-electron chi connectivity index (χ2n) is 7.92. The Morgan fingerprint density at radius 1 is 1.19 bits per heavy atom. The van der Waals surface area contributed by atoms with E-state index in [1.54, 1.807) is 0 Å². The first-order valence-electron chi connectivity index (χ1n) is 10.5. The van der Waals surface area contributed by atoms with Gasteiger partial charge in [-0.15, -0.1) is 0 Å². The first kappa shape index (κ1) is 23.7. The van der Waals surface area contributed by atoms with Gasteiger partial charge >= 0.3 is 5.69 Å². The molecule has 32 heavy (non-hydrogen) atoms. The van der Waals surface area contributed by atoms with E-state index in [9.17, 15) is 24.3 Å². The number of hydrogen-bond donors (Lipinski definition) is 3. The van der Waals surface area contributed by atoms with Crippen molar-refractivity contribution in [3.63, 3.8) is 0 Å². The van der Waals surface area contributed by atoms with Crippen LogP contribution in [-0.2, 0) is 11.3 Å². The number of hydrogen-bond acceptors (Lipinski definition) is 6. The second-order valence-corrected chi connectivity index (χ2v) is 8.32. The molecule has 1 unspecified atom stereocenters. The Kier molecular flexibility index (Phi) is 7.81. The minimum Gasteiger partial charge on any atom is -0.373 e. The summed E-state index contributed by atoms with van der Waals surface area (Å²) in [7, 11) is 0. The Bertz CT molecular complexity index is 1100. The Labute approximate surface area is 189 Å². The van der Waals surface area contributed by atoms with Crippen LogP contribution < -0.4 is 22.3 Å². The Morgan fingerprint density at radius 3 is 2.50 bits per heavy atom. The van der Waals surface area contributed by atoms with E-state index in [0.717, 1.165) is 49.4 Å². The number of aliphatic hydroxyl groups is 1. The van der Waals surface area contributed by atoms with Crippen molar-refractivity contribution >= 4 is 23.4 Å². The first-order valence-corrected chi connectivity index (χ1v) is 10.9. The fourth-order valence-electron chi connectivity index (χ4n) is 3.87. The Balaban J connectivity index is 1.86. The minimum atomic E-state index is -1.02. The third kappa shape index (κ3) is 5.63. The van der Waals surface area contributed by atoms with Crippen molar-refractivity contribution in [1.29, 1.82) is 0 Å². The molecule has 1 aromatic carbocycles. The number of nitrogens with zero attached hydrogens (tertiary/aromatic N) is 3. The van der Waals surface area contributed by atoms with E-state index in [2.05, 4.69) is 10.4 Å². The van der Waals surface area contributed by atoms with Crippen LogP contribution >= 0.6 is 11.6 Å². The molecule has 0 radical (unpaired) electrons. The zero-order valence-electron chi connectivity index (χ0n) is 17.5. The summed E-state index contributed by atoms with van der Waals surface area (Å²) in [6.07, 6.45) is 6.95. The van der Waals surface area contributed by atoms with Gasteiger partial charge in [0.15, 0.2) is 0 Å². The van der Waals surface area contributed by atoms with Gasteiger partial charge in [-0.25, -0.2) is 9.36 Å². The lowest BCUT2D eigenvalue weighted by Gasteiger charge is -2.25. The maximum absolute atomic E-state index is 12.8. The molecular weight excluding hydrogens is 438 g/mol. The van der Waals surface area contributed by atoms with Crippen LogP contribution in [0.1, 0.15) is 55.3 Å². The number of carbonyl (C=O) groups excluding carboxylic acids is 2. The molecule has 1 heterocycles. The van der Waals surface area contributed by atoms with Gasteiger partial charge in [0.25, 0.3) is 11.5 Å². The molecule has 1 atom stereocenters. The first-order chi connectivity index (χ1) is 15.3. The highest BCUT2D eigenvalue weighted by molar-refractivity contribution is 6.33. The van der Waals surface area contributed by atoms with Gasteiger partial charge in [0, 0.05) is 5.92 Å². The number of primary amides is 1. The average molecular weight is 464 g/mol. The molecular formula is C21H26ClN5O5. The van der Waals surface area contributed by atoms with E-state index in [1.807, 2.05) is 0 Å². The van der Waals surface area contributed by atoms with Crippen molar-refractivity contribution in [3.05, 3.63) is 55.8 Å². The molecule has 4 N–H and O–H groups in total. The van der Waals surface area contributed by atoms with Crippen LogP contribution in [0.2, 0.25) is 5.02 Å². The predicted octanol–water partition coefficient (Wildman–Crippen LogP) is 0.942. The maximum atomic E-state index is 12.8. The van der Waals surface area contributed by atoms with Crippen molar-refractivity contribution < 1.29 is 14.7 Å². The van der Waals surface area contributed by atoms with E-state index in [-0.39, 0.29) is 22.2 Å². The van der Waals surface area contributed by atoms with Crippen molar-refractivity contribution in [1.82, 2.24) is 19.7 Å². The smallest absolute Gasteiger partial charge is 0.352 e. The van der Waals surface area contributed by atoms with Gasteiger partial charge in [0.1, 0.15) is 19.0 Å². The zero-order chi connectivity index (χ0) is 23.3. The molecule has 1 saturated carbocycles. The van der Waals surface area contributed by atoms with Crippen molar-refractivity contribution in [2.75, 3.05) is 0 Å². The van der Waals surface area contributed by atoms with Crippen molar-refractivity contribution in [2.45, 2.75) is 57.7 Å². The maximum Gasteiger partial charge on any atom is 0.352 e. The third-order valence-corrected chi connectivity index (χ3v) is 5.92. The lowest BCUT2D eigenvalue weighted by molar-refractivity contribution is -0.118. The molecule has 0 bridgehead atoms. The molecule has 2 amide bonds. The number of aromatic nitrogens is 3. The molecule has 1 aliphatic rings. The van der Waals surface area contributed by atoms with Crippen LogP contribution in [0.4, 0.5) is 0 Å². The average Bonchev–Trinajstić information content (AvgIpc) is 2.71. The number of amides is 2. The van der Waals surface area contributed by atoms with Gasteiger partial charge in [0.2, 0.25) is 5.91 Å². The molecule has 0 saturated heterocycles. The number of carbonyl (C=O) groups is 2. The summed E-state index contributed by atoms with van der Waals surface area (Å²) in [6.45, 7) is -0.602. The van der Waals surface area contributed by atoms with E-state index in [1.165, 1.54) is 24.6 Å². The lowest BCUT2D eigenvalue weighted by Crippen LogP contribution is -2.43. The summed E-state index contributed by atoms with van der Waals surface area (Å²) >= 11 is 6.19. The Morgan fingerprint density at radius 2 is 1.84 bits per heavy atom. The van der Waals surface area contributed by atoms with Gasteiger partial charge < -0.3 is 16.2 Å². The molecule has 1 aromatic heterocycles. The quantitative estimate of drug-likeness (QED) is 0.542. The summed E-state index contributed by atoms with van der Waals surface area (Å²) < 4.78 is 1.50. The molecule has 11 heteroatoms. The fraction of sp³-hybridized carbons (Fsp3) is 0.476. The number of nitrogens with one attached hydrogen (secondary N) is 1. The van der Waals surface area contributed by atoms with Gasteiger partial charge in [-0.1, -0.05) is 43.7 Å². The molecule has 172 valence electrons. The van der Waals surface area contributed by atoms with Crippen molar-refractivity contribution in [3.8, 4) is 5.69 Å². The molecule has 0 aliphatic heterocycles. The van der Waals surface area contributed by atoms with Gasteiger partial charge in [-0.3, -0.25) is 14.4 Å². The van der Waals surface area contributed by atoms with Crippen LogP contribution in [0, 0.1) is 5.92 Å². The van der Waals surface area contributed by atoms with E-state index in [0.29, 0.717) is 4.57 Å². The summed E-state index contributed by atoms with van der Waals surface area (Å²) in [5.74, 6) is -1.49. The van der Waals surface area contributed by atoms with E-state index >= 15 is 0 Å². The minimum absolute atomic E-state index is 0.0374. The van der Waals surface area contributed by atoms with Crippen molar-refractivity contribution in [2.24, 2.45) is 11.7 Å². The van der Waals surface area contributed by atoms with Crippen LogP contribution in [0.5, 0.6) is 0 Å². The molecule has 3 rings (SSSR count). The van der Waals surface area contributed by atoms with Gasteiger partial charge in [-0.05, 0) is 31.0 Å². The van der Waals surface area contributed by atoms with Gasteiger partial charge in [0.05, 0.1) is 16.3 Å². The summed E-state index contributed by atoms with van der Waals surface area (Å²) in [5, 5.41) is 17.1. The molecule has 1 fully saturated rings. The third-order valence-electron chi connectivity index (χ3n) is 5.59. The number of rotatable bonds is 6. The number of benzene rings is 1. The second kappa shape index (κ2) is 10.6. The van der Waals surface area contributed by atoms with E-state index in [4.69, 9.17) is 17.3 Å². The SMILES string of the molecule is NC(=O)Cn1c(=O)cnn(-c2ccc(Cl)c(C(=O)NC(O)C3CCCCCCC3)c2)c1=O. The monoisotopic (exact) mass is 463 g/mol. The van der Waals surface area contributed by atoms with E-state index < -0.39 is 35.8 Å². The highest BCUT2D eigenvalue weighted by Gasteiger charge is 2.23. The zero-order valence-corrected chi connectivity index (χ0v) is 18.3. The normalized spacial score (nSPS) is 16.1. The largest absolute Gasteiger partial charge is 0.373 e. The molecule has 1 aliphatic carbocycles. The molecule has 0 spiro atoms. The molecule has 2 aromatic rings. The highest BCUT2D eigenvalue weighted by Crippen LogP contribution is 2.25. The molecule has 10 nitrogen and oxygen atoms in total. The van der Waals surface area contributed by atoms with Crippen LogP contribution in [-0.4, -0.2) is 37.5 Å². The topological polar surface area (TPSA) is 149 Å². The van der Waals surface area contributed by atoms with Crippen LogP contribution in [0.25, 0.3) is 5.69 Å². The van der Waals surface area contributed by atoms with Crippen LogP contribution in [0.3, 0.4) is 0 Å². The summed E-state index contributed by atoms with van der Waals surface area (Å²) in [5.41, 5.74) is 3.63.